The Bertz CT molecular complexity index is 2490. The maximum atomic E-state index is 17.3. The second-order valence-electron chi connectivity index (χ2n) is 12.5. The second kappa shape index (κ2) is 13.7. The number of rotatable bonds is 9. The number of para-hydroxylation sites is 6. The molecule has 0 fully saturated rings. The van der Waals surface area contributed by atoms with Crippen LogP contribution in [0, 0.1) is 0 Å². The Morgan fingerprint density at radius 3 is 1.17 bits per heavy atom. The van der Waals surface area contributed by atoms with Gasteiger partial charge in [-0.3, -0.25) is 18.5 Å². The third-order valence-corrected chi connectivity index (χ3v) is 12.0. The summed E-state index contributed by atoms with van der Waals surface area (Å²) in [7, 11) is -4.19. The number of benzene rings is 7. The lowest BCUT2D eigenvalue weighted by atomic mass is 10.2. The SMILES string of the molecule is O=P(c1nc(-c2ccccc2)nc(-n2c3ccccc3c3ccccc32)n1)(N(c1ccccc1)c1ccccc1)N(c1ccccc1)c1ccccc1. The standard InChI is InChI=1S/C45H33N6OP/c52-53(50(35-22-8-2-9-23-35)36-24-10-3-11-25-36,51(37-26-12-4-13-27-37)38-28-14-5-15-29-38)45-47-43(34-20-6-1-7-21-34)46-44(48-45)49-41-32-18-16-30-39(41)40-31-17-19-33-42(40)49/h1-33H. The van der Waals surface area contributed by atoms with Crippen LogP contribution in [-0.4, -0.2) is 19.5 Å². The topological polar surface area (TPSA) is 67.2 Å². The fraction of sp³-hybridized carbons (Fsp3) is 0. The molecule has 7 nitrogen and oxygen atoms in total. The van der Waals surface area contributed by atoms with Gasteiger partial charge in [-0.25, -0.2) is 4.98 Å². The van der Waals surface area contributed by atoms with Crippen molar-refractivity contribution in [3.63, 3.8) is 0 Å². The summed E-state index contributed by atoms with van der Waals surface area (Å²) in [6, 6.07) is 65.6. The van der Waals surface area contributed by atoms with Gasteiger partial charge in [-0.2, -0.15) is 9.97 Å². The summed E-state index contributed by atoms with van der Waals surface area (Å²) in [6.07, 6.45) is 0. The first kappa shape index (κ1) is 32.1. The quantitative estimate of drug-likeness (QED) is 0.139. The van der Waals surface area contributed by atoms with Crippen molar-refractivity contribution in [1.29, 1.82) is 0 Å². The average Bonchev–Trinajstić information content (AvgIpc) is 3.57. The number of hydrogen-bond acceptors (Lipinski definition) is 4. The van der Waals surface area contributed by atoms with E-state index in [-0.39, 0.29) is 5.57 Å². The number of fused-ring (bicyclic) bond motifs is 3. The number of hydrogen-bond donors (Lipinski definition) is 0. The number of nitrogens with zero attached hydrogens (tertiary/aromatic N) is 6. The predicted molar refractivity (Wildman–Crippen MR) is 217 cm³/mol. The maximum Gasteiger partial charge on any atom is 0.338 e. The van der Waals surface area contributed by atoms with Gasteiger partial charge in [0.2, 0.25) is 11.5 Å². The smallest absolute Gasteiger partial charge is 0.278 e. The first-order valence-corrected chi connectivity index (χ1v) is 19.0. The molecule has 0 aliphatic carbocycles. The van der Waals surface area contributed by atoms with Crippen LogP contribution in [0.4, 0.5) is 22.7 Å². The molecule has 0 unspecified atom stereocenters. The van der Waals surface area contributed by atoms with Gasteiger partial charge in [-0.1, -0.05) is 140 Å². The van der Waals surface area contributed by atoms with Crippen molar-refractivity contribution in [2.75, 3.05) is 9.34 Å². The summed E-state index contributed by atoms with van der Waals surface area (Å²) in [4.78, 5) is 15.7. The molecular weight excluding hydrogens is 672 g/mol. The van der Waals surface area contributed by atoms with Crippen LogP contribution >= 0.6 is 7.44 Å². The van der Waals surface area contributed by atoms with E-state index in [0.29, 0.717) is 11.8 Å². The second-order valence-corrected chi connectivity index (χ2v) is 14.8. The van der Waals surface area contributed by atoms with Crippen molar-refractivity contribution >= 4 is 57.6 Å². The fourth-order valence-electron chi connectivity index (χ4n) is 6.91. The van der Waals surface area contributed by atoms with Crippen LogP contribution in [0.5, 0.6) is 0 Å². The minimum Gasteiger partial charge on any atom is -0.278 e. The summed E-state index contributed by atoms with van der Waals surface area (Å²) in [5.74, 6) is 0.781. The third kappa shape index (κ3) is 5.74. The first-order valence-electron chi connectivity index (χ1n) is 17.4. The summed E-state index contributed by atoms with van der Waals surface area (Å²) in [5, 5.41) is 2.14. The van der Waals surface area contributed by atoms with E-state index in [9.17, 15) is 0 Å². The Balaban J connectivity index is 1.44. The highest BCUT2D eigenvalue weighted by molar-refractivity contribution is 7.74. The molecule has 0 aliphatic rings. The maximum absolute atomic E-state index is 17.3. The molecule has 0 radical (unpaired) electrons. The van der Waals surface area contributed by atoms with Crippen molar-refractivity contribution in [3.05, 3.63) is 200 Å². The Kier molecular flexibility index (Phi) is 8.31. The molecule has 2 heterocycles. The number of aromatic nitrogens is 4. The molecule has 8 heteroatoms. The van der Waals surface area contributed by atoms with E-state index in [0.717, 1.165) is 50.1 Å². The highest BCUT2D eigenvalue weighted by atomic mass is 31.2. The summed E-state index contributed by atoms with van der Waals surface area (Å²) in [5.41, 5.74) is 5.66. The zero-order valence-corrected chi connectivity index (χ0v) is 29.5. The van der Waals surface area contributed by atoms with E-state index in [1.165, 1.54) is 0 Å². The molecule has 0 saturated carbocycles. The molecule has 254 valence electrons. The lowest BCUT2D eigenvalue weighted by Crippen LogP contribution is -2.36. The molecular formula is C45H33N6OP. The van der Waals surface area contributed by atoms with Crippen LogP contribution in [0.1, 0.15) is 0 Å². The molecule has 0 bridgehead atoms. The van der Waals surface area contributed by atoms with Gasteiger partial charge in [0.1, 0.15) is 0 Å². The largest absolute Gasteiger partial charge is 0.338 e. The van der Waals surface area contributed by atoms with Crippen molar-refractivity contribution in [2.24, 2.45) is 0 Å². The van der Waals surface area contributed by atoms with Gasteiger partial charge < -0.3 is 0 Å². The van der Waals surface area contributed by atoms with Crippen molar-refractivity contribution < 1.29 is 4.57 Å². The molecule has 0 amide bonds. The Labute approximate surface area is 307 Å². The summed E-state index contributed by atoms with van der Waals surface area (Å²) >= 11 is 0. The van der Waals surface area contributed by atoms with Crippen LogP contribution in [0.3, 0.4) is 0 Å². The fourth-order valence-corrected chi connectivity index (χ4v) is 9.67. The molecule has 0 spiro atoms. The molecule has 2 aromatic heterocycles. The molecule has 0 aliphatic heterocycles. The monoisotopic (exact) mass is 704 g/mol. The van der Waals surface area contributed by atoms with Gasteiger partial charge in [0.05, 0.1) is 11.0 Å². The van der Waals surface area contributed by atoms with Gasteiger partial charge in [-0.15, -0.1) is 0 Å². The third-order valence-electron chi connectivity index (χ3n) is 9.23. The molecule has 9 aromatic rings. The van der Waals surface area contributed by atoms with E-state index in [2.05, 4.69) is 28.8 Å². The van der Waals surface area contributed by atoms with E-state index in [4.69, 9.17) is 15.0 Å². The van der Waals surface area contributed by atoms with Crippen LogP contribution in [-0.2, 0) is 4.57 Å². The zero-order chi connectivity index (χ0) is 35.6. The molecule has 7 aromatic carbocycles. The van der Waals surface area contributed by atoms with E-state index >= 15 is 4.57 Å². The van der Waals surface area contributed by atoms with Crippen molar-refractivity contribution in [2.45, 2.75) is 0 Å². The molecule has 53 heavy (non-hydrogen) atoms. The molecule has 0 atom stereocenters. The van der Waals surface area contributed by atoms with Gasteiger partial charge in [0.25, 0.3) is 0 Å². The van der Waals surface area contributed by atoms with Crippen LogP contribution < -0.4 is 14.9 Å². The highest BCUT2D eigenvalue weighted by Gasteiger charge is 2.45. The first-order chi connectivity index (χ1) is 26.2. The van der Waals surface area contributed by atoms with Gasteiger partial charge in [0.15, 0.2) is 5.82 Å². The van der Waals surface area contributed by atoms with Gasteiger partial charge in [0, 0.05) is 39.1 Å². The van der Waals surface area contributed by atoms with Crippen molar-refractivity contribution in [1.82, 2.24) is 19.5 Å². The van der Waals surface area contributed by atoms with E-state index in [1.54, 1.807) is 0 Å². The van der Waals surface area contributed by atoms with Gasteiger partial charge >= 0.3 is 7.44 Å². The zero-order valence-electron chi connectivity index (χ0n) is 28.6. The Morgan fingerprint density at radius 1 is 0.396 bits per heavy atom. The summed E-state index contributed by atoms with van der Waals surface area (Å²) < 4.78 is 23.2. The Hall–Kier alpha value is -6.82. The van der Waals surface area contributed by atoms with Crippen LogP contribution in [0.15, 0.2) is 200 Å². The summed E-state index contributed by atoms with van der Waals surface area (Å²) in [6.45, 7) is 0. The highest BCUT2D eigenvalue weighted by Crippen LogP contribution is 2.61. The normalized spacial score (nSPS) is 11.5. The van der Waals surface area contributed by atoms with Crippen molar-refractivity contribution in [3.8, 4) is 17.3 Å². The Morgan fingerprint density at radius 2 is 0.755 bits per heavy atom. The molecule has 0 N–H and O–H groups in total. The van der Waals surface area contributed by atoms with Crippen LogP contribution in [0.25, 0.3) is 39.1 Å². The molecule has 9 rings (SSSR count). The minimum absolute atomic E-state index is 0.128. The van der Waals surface area contributed by atoms with E-state index < -0.39 is 7.44 Å². The average molecular weight is 705 g/mol. The lowest BCUT2D eigenvalue weighted by molar-refractivity contribution is 0.579. The molecule has 0 saturated heterocycles. The lowest BCUT2D eigenvalue weighted by Gasteiger charge is -2.40. The number of anilines is 4. The van der Waals surface area contributed by atoms with Crippen LogP contribution in [0.2, 0.25) is 0 Å². The minimum atomic E-state index is -4.19. The van der Waals surface area contributed by atoms with Gasteiger partial charge in [-0.05, 0) is 60.7 Å². The van der Waals surface area contributed by atoms with E-state index in [1.807, 2.05) is 185 Å². The predicted octanol–water partition coefficient (Wildman–Crippen LogP) is 11.1.